The second-order valence-corrected chi connectivity index (χ2v) is 6.80. The smallest absolute Gasteiger partial charge is 0.248 e. The zero-order valence-corrected chi connectivity index (χ0v) is 13.8. The van der Waals surface area contributed by atoms with Crippen LogP contribution in [-0.4, -0.2) is 41.6 Å². The van der Waals surface area contributed by atoms with E-state index in [1.54, 1.807) is 12.0 Å². The number of hydrogen-bond donors (Lipinski definition) is 1. The van der Waals surface area contributed by atoms with Gasteiger partial charge in [0.05, 0.1) is 19.3 Å². The van der Waals surface area contributed by atoms with Crippen LogP contribution in [0.4, 0.5) is 8.78 Å². The van der Waals surface area contributed by atoms with E-state index < -0.39 is 12.0 Å². The molecule has 1 saturated carbocycles. The molecule has 1 aromatic rings. The molecule has 24 heavy (non-hydrogen) atoms. The first-order valence-electron chi connectivity index (χ1n) is 8.40. The molecule has 2 atom stereocenters. The molecule has 1 aliphatic carbocycles. The number of methoxy groups -OCH3 is 1. The predicted molar refractivity (Wildman–Crippen MR) is 85.0 cm³/mol. The van der Waals surface area contributed by atoms with E-state index in [4.69, 9.17) is 4.74 Å². The van der Waals surface area contributed by atoms with E-state index >= 15 is 0 Å². The molecule has 6 heteroatoms. The van der Waals surface area contributed by atoms with Crippen LogP contribution in [0.15, 0.2) is 24.3 Å². The van der Waals surface area contributed by atoms with Crippen molar-refractivity contribution in [3.63, 3.8) is 0 Å². The number of nitrogens with zero attached hydrogens (tertiary/aromatic N) is 1. The Labute approximate surface area is 140 Å². The van der Waals surface area contributed by atoms with Crippen molar-refractivity contribution in [3.8, 4) is 5.75 Å². The normalized spacial score (nSPS) is 27.2. The molecule has 0 aromatic heterocycles. The second kappa shape index (κ2) is 6.67. The molecular formula is C18H23F2NO3. The van der Waals surface area contributed by atoms with Crippen molar-refractivity contribution >= 4 is 5.91 Å². The van der Waals surface area contributed by atoms with E-state index in [9.17, 15) is 18.7 Å². The number of ether oxygens (including phenoxy) is 1. The third-order valence-electron chi connectivity index (χ3n) is 5.11. The van der Waals surface area contributed by atoms with Crippen LogP contribution in [0.3, 0.4) is 0 Å². The van der Waals surface area contributed by atoms with Gasteiger partial charge in [0, 0.05) is 25.3 Å². The quantitative estimate of drug-likeness (QED) is 0.920. The SMILES string of the molecule is COc1cccc([C@@H]2C[C@H](O)CN2C(=O)C2CCC(F)(F)CC2)c1. The minimum atomic E-state index is -2.65. The average molecular weight is 339 g/mol. The fourth-order valence-electron chi connectivity index (χ4n) is 3.74. The van der Waals surface area contributed by atoms with Crippen LogP contribution >= 0.6 is 0 Å². The molecule has 132 valence electrons. The van der Waals surface area contributed by atoms with E-state index in [-0.39, 0.29) is 50.1 Å². The number of benzene rings is 1. The molecular weight excluding hydrogens is 316 g/mol. The molecule has 1 saturated heterocycles. The Hall–Kier alpha value is -1.69. The number of alkyl halides is 2. The Kier molecular flexibility index (Phi) is 4.76. The fraction of sp³-hybridized carbons (Fsp3) is 0.611. The first-order chi connectivity index (χ1) is 11.4. The van der Waals surface area contributed by atoms with Crippen LogP contribution in [0.1, 0.15) is 43.7 Å². The number of rotatable bonds is 3. The third-order valence-corrected chi connectivity index (χ3v) is 5.11. The Balaban J connectivity index is 1.76. The van der Waals surface area contributed by atoms with Crippen molar-refractivity contribution in [2.75, 3.05) is 13.7 Å². The maximum absolute atomic E-state index is 13.3. The Morgan fingerprint density at radius 2 is 2.04 bits per heavy atom. The number of β-amino-alcohol motifs (C(OH)–C–C–N with tert-alkyl or cyclic N) is 1. The number of aliphatic hydroxyl groups is 1. The van der Waals surface area contributed by atoms with Crippen LogP contribution in [0.5, 0.6) is 5.75 Å². The molecule has 1 N–H and O–H groups in total. The minimum absolute atomic E-state index is 0.116. The molecule has 2 fully saturated rings. The monoisotopic (exact) mass is 339 g/mol. The summed E-state index contributed by atoms with van der Waals surface area (Å²) in [6, 6.07) is 7.20. The number of likely N-dealkylation sites (tertiary alicyclic amines) is 1. The number of carbonyl (C=O) groups is 1. The van der Waals surface area contributed by atoms with Crippen molar-refractivity contribution in [3.05, 3.63) is 29.8 Å². The zero-order chi connectivity index (χ0) is 17.3. The largest absolute Gasteiger partial charge is 0.497 e. The average Bonchev–Trinajstić information content (AvgIpc) is 2.96. The third kappa shape index (κ3) is 3.53. The zero-order valence-electron chi connectivity index (χ0n) is 13.8. The van der Waals surface area contributed by atoms with Crippen molar-refractivity contribution in [2.45, 2.75) is 50.2 Å². The summed E-state index contributed by atoms with van der Waals surface area (Å²) < 4.78 is 31.9. The van der Waals surface area contributed by atoms with E-state index in [1.807, 2.05) is 24.3 Å². The van der Waals surface area contributed by atoms with Crippen molar-refractivity contribution in [2.24, 2.45) is 5.92 Å². The van der Waals surface area contributed by atoms with Crippen molar-refractivity contribution in [1.29, 1.82) is 0 Å². The highest BCUT2D eigenvalue weighted by Crippen LogP contribution is 2.40. The topological polar surface area (TPSA) is 49.8 Å². The molecule has 4 nitrogen and oxygen atoms in total. The predicted octanol–water partition coefficient (Wildman–Crippen LogP) is 3.16. The first kappa shape index (κ1) is 17.1. The van der Waals surface area contributed by atoms with Gasteiger partial charge in [0.1, 0.15) is 5.75 Å². The van der Waals surface area contributed by atoms with Gasteiger partial charge in [-0.25, -0.2) is 8.78 Å². The summed E-state index contributed by atoms with van der Waals surface area (Å²) in [5, 5.41) is 10.0. The van der Waals surface area contributed by atoms with E-state index in [0.717, 1.165) is 5.56 Å². The summed E-state index contributed by atoms with van der Waals surface area (Å²) in [7, 11) is 1.58. The number of carbonyl (C=O) groups excluding carboxylic acids is 1. The molecule has 0 spiro atoms. The lowest BCUT2D eigenvalue weighted by molar-refractivity contribution is -0.141. The molecule has 0 unspecified atom stereocenters. The molecule has 2 aliphatic rings. The van der Waals surface area contributed by atoms with Gasteiger partial charge in [-0.2, -0.15) is 0 Å². The van der Waals surface area contributed by atoms with E-state index in [1.165, 1.54) is 0 Å². The van der Waals surface area contributed by atoms with Gasteiger partial charge in [-0.3, -0.25) is 4.79 Å². The van der Waals surface area contributed by atoms with E-state index in [0.29, 0.717) is 12.2 Å². The number of hydrogen-bond acceptors (Lipinski definition) is 3. The summed E-state index contributed by atoms with van der Waals surface area (Å²) in [5.41, 5.74) is 0.903. The van der Waals surface area contributed by atoms with Crippen molar-refractivity contribution in [1.82, 2.24) is 4.90 Å². The lowest BCUT2D eigenvalue weighted by Gasteiger charge is -2.33. The van der Waals surface area contributed by atoms with Gasteiger partial charge >= 0.3 is 0 Å². The molecule has 3 rings (SSSR count). The highest BCUT2D eigenvalue weighted by molar-refractivity contribution is 5.80. The van der Waals surface area contributed by atoms with Crippen LogP contribution in [-0.2, 0) is 4.79 Å². The Morgan fingerprint density at radius 3 is 2.71 bits per heavy atom. The summed E-state index contributed by atoms with van der Waals surface area (Å²) in [5.74, 6) is -2.44. The van der Waals surface area contributed by atoms with Gasteiger partial charge in [-0.15, -0.1) is 0 Å². The molecule has 1 heterocycles. The Bertz CT molecular complexity index is 598. The highest BCUT2D eigenvalue weighted by Gasteiger charge is 2.42. The lowest BCUT2D eigenvalue weighted by Crippen LogP contribution is -2.39. The van der Waals surface area contributed by atoms with Crippen molar-refractivity contribution < 1.29 is 23.4 Å². The molecule has 1 amide bonds. The number of aliphatic hydroxyl groups excluding tert-OH is 1. The summed E-state index contributed by atoms with van der Waals surface area (Å²) in [4.78, 5) is 14.5. The molecule has 1 aliphatic heterocycles. The summed E-state index contributed by atoms with van der Waals surface area (Å²) >= 11 is 0. The van der Waals surface area contributed by atoms with Gasteiger partial charge < -0.3 is 14.7 Å². The fourth-order valence-corrected chi connectivity index (χ4v) is 3.74. The van der Waals surface area contributed by atoms with Gasteiger partial charge in [0.2, 0.25) is 11.8 Å². The Morgan fingerprint density at radius 1 is 1.33 bits per heavy atom. The van der Waals surface area contributed by atoms with Crippen LogP contribution < -0.4 is 4.74 Å². The van der Waals surface area contributed by atoms with Gasteiger partial charge in [0.15, 0.2) is 0 Å². The molecule has 1 aromatic carbocycles. The van der Waals surface area contributed by atoms with Crippen LogP contribution in [0, 0.1) is 5.92 Å². The summed E-state index contributed by atoms with van der Waals surface area (Å²) in [6.45, 7) is 0.258. The van der Waals surface area contributed by atoms with Crippen LogP contribution in [0.25, 0.3) is 0 Å². The first-order valence-corrected chi connectivity index (χ1v) is 8.40. The minimum Gasteiger partial charge on any atom is -0.497 e. The van der Waals surface area contributed by atoms with Gasteiger partial charge in [-0.05, 0) is 37.0 Å². The molecule has 0 radical (unpaired) electrons. The number of amides is 1. The second-order valence-electron chi connectivity index (χ2n) is 6.80. The number of halogens is 2. The van der Waals surface area contributed by atoms with E-state index in [2.05, 4.69) is 0 Å². The standard InChI is InChI=1S/C18H23F2NO3/c1-24-15-4-2-3-13(9-15)16-10-14(22)11-21(16)17(23)12-5-7-18(19,20)8-6-12/h2-4,9,12,14,16,22H,5-8,10-11H2,1H3/t14-,16-/m0/s1. The van der Waals surface area contributed by atoms with Gasteiger partial charge in [0.25, 0.3) is 0 Å². The van der Waals surface area contributed by atoms with Gasteiger partial charge in [-0.1, -0.05) is 12.1 Å². The maximum atomic E-state index is 13.3. The highest BCUT2D eigenvalue weighted by atomic mass is 19.3. The summed E-state index contributed by atoms with van der Waals surface area (Å²) in [6.07, 6.45) is -0.170. The maximum Gasteiger partial charge on any atom is 0.248 e. The molecule has 0 bridgehead atoms. The van der Waals surface area contributed by atoms with Crippen LogP contribution in [0.2, 0.25) is 0 Å². The lowest BCUT2D eigenvalue weighted by atomic mass is 9.85.